The molecule has 1 rings (SSSR count). The zero-order valence-electron chi connectivity index (χ0n) is 6.73. The van der Waals surface area contributed by atoms with Crippen molar-refractivity contribution < 1.29 is 0 Å². The van der Waals surface area contributed by atoms with Crippen LogP contribution in [-0.4, -0.2) is 9.78 Å². The van der Waals surface area contributed by atoms with Gasteiger partial charge in [-0.1, -0.05) is 0 Å². The van der Waals surface area contributed by atoms with Crippen molar-refractivity contribution in [3.63, 3.8) is 0 Å². The van der Waals surface area contributed by atoms with Crippen LogP contribution >= 0.6 is 31.9 Å². The molecule has 0 spiro atoms. The van der Waals surface area contributed by atoms with E-state index in [4.69, 9.17) is 0 Å². The Balaban J connectivity index is 3.13. The molecule has 0 aliphatic rings. The second-order valence-electron chi connectivity index (χ2n) is 3.37. The predicted octanol–water partition coefficient (Wildman–Crippen LogP) is 3.16. The second kappa shape index (κ2) is 2.90. The number of rotatable bonds is 0. The van der Waals surface area contributed by atoms with E-state index in [2.05, 4.69) is 57.7 Å². The Hall–Kier alpha value is 0.170. The first-order chi connectivity index (χ1) is 4.91. The molecule has 0 radical (unpaired) electrons. The first-order valence-electron chi connectivity index (χ1n) is 3.33. The maximum atomic E-state index is 4.27. The predicted molar refractivity (Wildman–Crippen MR) is 52.6 cm³/mol. The average Bonchev–Trinajstić information content (AvgIpc) is 2.08. The molecule has 2 nitrogen and oxygen atoms in total. The molecule has 0 unspecified atom stereocenters. The third-order valence-corrected chi connectivity index (χ3v) is 2.22. The fraction of sp³-hybridized carbons (Fsp3) is 0.571. The van der Waals surface area contributed by atoms with E-state index in [1.54, 1.807) is 0 Å². The molecule has 0 aromatic carbocycles. The number of aromatic nitrogens is 2. The van der Waals surface area contributed by atoms with Crippen molar-refractivity contribution in [1.29, 1.82) is 0 Å². The first kappa shape index (κ1) is 9.26. The summed E-state index contributed by atoms with van der Waals surface area (Å²) in [5.41, 5.74) is 0.0326. The van der Waals surface area contributed by atoms with Crippen molar-refractivity contribution in [2.75, 3.05) is 0 Å². The summed E-state index contributed by atoms with van der Waals surface area (Å²) in [7, 11) is 0. The van der Waals surface area contributed by atoms with Crippen LogP contribution in [0.25, 0.3) is 0 Å². The molecular weight excluding hydrogens is 272 g/mol. The van der Waals surface area contributed by atoms with Gasteiger partial charge in [0.25, 0.3) is 0 Å². The Bertz CT molecular complexity index is 260. The van der Waals surface area contributed by atoms with Gasteiger partial charge in [-0.05, 0) is 52.6 Å². The lowest BCUT2D eigenvalue weighted by Gasteiger charge is -2.20. The monoisotopic (exact) mass is 280 g/mol. The minimum absolute atomic E-state index is 0.0326. The van der Waals surface area contributed by atoms with E-state index in [1.807, 2.05) is 10.7 Å². The van der Waals surface area contributed by atoms with Gasteiger partial charge in [-0.25, -0.2) is 0 Å². The normalized spacial score (nSPS) is 12.1. The molecule has 1 aromatic heterocycles. The average molecular weight is 282 g/mol. The number of hydrogen-bond donors (Lipinski definition) is 0. The molecule has 1 aromatic rings. The molecule has 11 heavy (non-hydrogen) atoms. The van der Waals surface area contributed by atoms with Gasteiger partial charge in [0.1, 0.15) is 9.21 Å². The highest BCUT2D eigenvalue weighted by Gasteiger charge is 2.17. The summed E-state index contributed by atoms with van der Waals surface area (Å²) in [5.74, 6) is 0. The summed E-state index contributed by atoms with van der Waals surface area (Å²) in [6, 6.07) is 1.94. The van der Waals surface area contributed by atoms with Crippen LogP contribution in [0.5, 0.6) is 0 Å². The Labute approximate surface area is 83.2 Å². The van der Waals surface area contributed by atoms with Crippen molar-refractivity contribution in [3.05, 3.63) is 15.3 Å². The molecule has 0 saturated heterocycles. The van der Waals surface area contributed by atoms with E-state index < -0.39 is 0 Å². The lowest BCUT2D eigenvalue weighted by Crippen LogP contribution is -2.23. The van der Waals surface area contributed by atoms with Crippen LogP contribution in [0.4, 0.5) is 0 Å². The van der Waals surface area contributed by atoms with Crippen LogP contribution in [0.3, 0.4) is 0 Å². The highest BCUT2D eigenvalue weighted by molar-refractivity contribution is 9.11. The third kappa shape index (κ3) is 2.06. The molecule has 0 N–H and O–H groups in total. The number of nitrogens with zero attached hydrogens (tertiary/aromatic N) is 2. The Morgan fingerprint density at radius 2 is 1.91 bits per heavy atom. The van der Waals surface area contributed by atoms with Crippen LogP contribution in [0.15, 0.2) is 15.3 Å². The van der Waals surface area contributed by atoms with E-state index in [9.17, 15) is 0 Å². The van der Waals surface area contributed by atoms with Gasteiger partial charge in [0.05, 0.1) is 5.54 Å². The summed E-state index contributed by atoms with van der Waals surface area (Å²) >= 11 is 6.74. The molecule has 1 heterocycles. The van der Waals surface area contributed by atoms with Gasteiger partial charge in [0.15, 0.2) is 0 Å². The van der Waals surface area contributed by atoms with E-state index in [0.29, 0.717) is 0 Å². The maximum absolute atomic E-state index is 4.27. The van der Waals surface area contributed by atoms with Crippen molar-refractivity contribution >= 4 is 31.9 Å². The maximum Gasteiger partial charge on any atom is 0.129 e. The van der Waals surface area contributed by atoms with Crippen molar-refractivity contribution in [2.24, 2.45) is 0 Å². The molecule has 0 bridgehead atoms. The van der Waals surface area contributed by atoms with E-state index in [1.165, 1.54) is 0 Å². The Morgan fingerprint density at radius 3 is 2.09 bits per heavy atom. The van der Waals surface area contributed by atoms with E-state index >= 15 is 0 Å². The van der Waals surface area contributed by atoms with Crippen LogP contribution in [-0.2, 0) is 5.54 Å². The lowest BCUT2D eigenvalue weighted by molar-refractivity contribution is 0.347. The molecule has 62 valence electrons. The second-order valence-corrected chi connectivity index (χ2v) is 5.00. The first-order valence-corrected chi connectivity index (χ1v) is 4.91. The fourth-order valence-electron chi connectivity index (χ4n) is 0.802. The van der Waals surface area contributed by atoms with Crippen molar-refractivity contribution in [1.82, 2.24) is 9.78 Å². The zero-order valence-corrected chi connectivity index (χ0v) is 9.90. The van der Waals surface area contributed by atoms with Crippen LogP contribution in [0.2, 0.25) is 0 Å². The quantitative estimate of drug-likeness (QED) is 0.714. The Morgan fingerprint density at radius 1 is 1.36 bits per heavy atom. The highest BCUT2D eigenvalue weighted by Crippen LogP contribution is 2.23. The summed E-state index contributed by atoms with van der Waals surface area (Å²) in [6.45, 7) is 6.32. The molecule has 0 saturated carbocycles. The summed E-state index contributed by atoms with van der Waals surface area (Å²) in [5, 5.41) is 4.27. The number of halogens is 2. The molecule has 0 amide bonds. The smallest absolute Gasteiger partial charge is 0.129 e. The van der Waals surface area contributed by atoms with Gasteiger partial charge in [-0.15, -0.1) is 0 Å². The minimum Gasteiger partial charge on any atom is -0.252 e. The van der Waals surface area contributed by atoms with Crippen LogP contribution < -0.4 is 0 Å². The van der Waals surface area contributed by atoms with Gasteiger partial charge in [-0.2, -0.15) is 5.10 Å². The molecule has 0 fully saturated rings. The summed E-state index contributed by atoms with van der Waals surface area (Å²) in [6.07, 6.45) is 0. The summed E-state index contributed by atoms with van der Waals surface area (Å²) < 4.78 is 3.79. The molecule has 4 heteroatoms. The Kier molecular flexibility index (Phi) is 2.44. The van der Waals surface area contributed by atoms with Gasteiger partial charge in [-0.3, -0.25) is 4.68 Å². The molecule has 0 atom stereocenters. The van der Waals surface area contributed by atoms with Gasteiger partial charge >= 0.3 is 0 Å². The molecule has 0 aliphatic heterocycles. The minimum atomic E-state index is 0.0326. The van der Waals surface area contributed by atoms with Crippen LogP contribution in [0, 0.1) is 0 Å². The zero-order chi connectivity index (χ0) is 8.65. The van der Waals surface area contributed by atoms with Crippen molar-refractivity contribution in [2.45, 2.75) is 26.3 Å². The number of hydrogen-bond acceptors (Lipinski definition) is 1. The highest BCUT2D eigenvalue weighted by atomic mass is 79.9. The molecular formula is C7H10Br2N2. The lowest BCUT2D eigenvalue weighted by atomic mass is 10.1. The summed E-state index contributed by atoms with van der Waals surface area (Å²) in [4.78, 5) is 0. The van der Waals surface area contributed by atoms with Gasteiger partial charge < -0.3 is 0 Å². The van der Waals surface area contributed by atoms with Gasteiger partial charge in [0.2, 0.25) is 0 Å². The van der Waals surface area contributed by atoms with Gasteiger partial charge in [0, 0.05) is 6.07 Å². The largest absolute Gasteiger partial charge is 0.252 e. The van der Waals surface area contributed by atoms with E-state index in [0.717, 1.165) is 9.21 Å². The molecule has 0 aliphatic carbocycles. The van der Waals surface area contributed by atoms with Crippen molar-refractivity contribution in [3.8, 4) is 0 Å². The fourth-order valence-corrected chi connectivity index (χ4v) is 2.31. The topological polar surface area (TPSA) is 17.8 Å². The SMILES string of the molecule is CC(C)(C)n1nc(Br)cc1Br. The van der Waals surface area contributed by atoms with E-state index in [-0.39, 0.29) is 5.54 Å². The van der Waals surface area contributed by atoms with Crippen LogP contribution in [0.1, 0.15) is 20.8 Å². The third-order valence-electron chi connectivity index (χ3n) is 1.27. The standard InChI is InChI=1S/C7H10Br2N2/c1-7(2,3)11-6(9)4-5(8)10-11/h4H,1-3H3.